The van der Waals surface area contributed by atoms with Crippen LogP contribution in [0.25, 0.3) is 0 Å². The van der Waals surface area contributed by atoms with Gasteiger partial charge in [-0.1, -0.05) is 45.4 Å². The molecule has 3 heteroatoms. The monoisotopic (exact) mass is 312 g/mol. The van der Waals surface area contributed by atoms with Crippen LogP contribution >= 0.6 is 0 Å². The first kappa shape index (κ1) is 16.5. The molecule has 0 aromatic carbocycles. The van der Waals surface area contributed by atoms with E-state index in [4.69, 9.17) is 5.11 Å². The fourth-order valence-corrected chi connectivity index (χ4v) is 1.27. The normalized spacial score (nSPS) is 14.8. The van der Waals surface area contributed by atoms with Crippen LogP contribution in [0.15, 0.2) is 0 Å². The Kier molecular flexibility index (Phi) is 16.5. The van der Waals surface area contributed by atoms with Crippen LogP contribution in [0.4, 0.5) is 0 Å². The zero-order valence-corrected chi connectivity index (χ0v) is 13.2. The molecule has 0 aromatic heterocycles. The number of carbonyl (C=O) groups is 1. The molecule has 1 rings (SSSR count). The molecule has 0 spiro atoms. The standard InChI is InChI=1S/C6H12.C4H8O2.Ba.2H/c1-2-4-6-5-3-1;1-2-3-4(5)6;;;/h1-6H2;2-3H2,1H3,(H,5,6);;;/q;;+2;2*-1. The molecule has 0 radical (unpaired) electrons. The molecule has 0 unspecified atom stereocenters. The second-order valence-corrected chi connectivity index (χ2v) is 3.27. The van der Waals surface area contributed by atoms with E-state index in [2.05, 4.69) is 0 Å². The number of hydrogen-bond acceptors (Lipinski definition) is 1. The van der Waals surface area contributed by atoms with E-state index in [1.165, 1.54) is 38.5 Å². The van der Waals surface area contributed by atoms with Gasteiger partial charge in [-0.05, 0) is 6.42 Å². The molecule has 1 saturated carbocycles. The van der Waals surface area contributed by atoms with Crippen molar-refractivity contribution in [2.45, 2.75) is 58.3 Å². The first-order chi connectivity index (χ1) is 5.77. The zero-order valence-electron chi connectivity index (χ0n) is 10.7. The molecule has 1 N–H and O–H groups in total. The van der Waals surface area contributed by atoms with E-state index in [-0.39, 0.29) is 51.7 Å². The van der Waals surface area contributed by atoms with Crippen LogP contribution in [0.1, 0.15) is 61.1 Å². The van der Waals surface area contributed by atoms with Crippen molar-refractivity contribution in [1.82, 2.24) is 0 Å². The number of aliphatic carboxylic acids is 1. The van der Waals surface area contributed by atoms with E-state index in [1.54, 1.807) is 0 Å². The van der Waals surface area contributed by atoms with Gasteiger partial charge < -0.3 is 7.96 Å². The van der Waals surface area contributed by atoms with Crippen molar-refractivity contribution < 1.29 is 12.8 Å². The van der Waals surface area contributed by atoms with Crippen molar-refractivity contribution in [3.8, 4) is 0 Å². The quantitative estimate of drug-likeness (QED) is 0.796. The summed E-state index contributed by atoms with van der Waals surface area (Å²) >= 11 is 0. The van der Waals surface area contributed by atoms with E-state index in [0.29, 0.717) is 6.42 Å². The molecule has 76 valence electrons. The van der Waals surface area contributed by atoms with Crippen LogP contribution in [0.5, 0.6) is 0 Å². The van der Waals surface area contributed by atoms with Gasteiger partial charge in [0.2, 0.25) is 0 Å². The molecule has 0 aromatic rings. The summed E-state index contributed by atoms with van der Waals surface area (Å²) in [5.41, 5.74) is 0. The molecular weight excluding hydrogens is 289 g/mol. The van der Waals surface area contributed by atoms with Gasteiger partial charge in [0.25, 0.3) is 0 Å². The van der Waals surface area contributed by atoms with Gasteiger partial charge >= 0.3 is 54.9 Å². The minimum Gasteiger partial charge on any atom is -1.00 e. The summed E-state index contributed by atoms with van der Waals surface area (Å²) in [7, 11) is 0. The number of carboxylic acid groups (broad SMARTS) is 1. The molecule has 0 heterocycles. The Balaban J connectivity index is -0.0000000672. The van der Waals surface area contributed by atoms with Crippen LogP contribution < -0.4 is 0 Å². The summed E-state index contributed by atoms with van der Waals surface area (Å²) in [6.07, 6.45) is 10.0. The van der Waals surface area contributed by atoms with E-state index < -0.39 is 5.97 Å². The summed E-state index contributed by atoms with van der Waals surface area (Å²) < 4.78 is 0. The Morgan fingerprint density at radius 3 is 1.54 bits per heavy atom. The summed E-state index contributed by atoms with van der Waals surface area (Å²) in [5.74, 6) is -0.711. The van der Waals surface area contributed by atoms with E-state index >= 15 is 0 Å². The third-order valence-corrected chi connectivity index (χ3v) is 1.96. The number of hydrogen-bond donors (Lipinski definition) is 1. The largest absolute Gasteiger partial charge is 2.00 e. The molecule has 0 saturated heterocycles. The Morgan fingerprint density at radius 1 is 1.15 bits per heavy atom. The van der Waals surface area contributed by atoms with Crippen molar-refractivity contribution in [1.29, 1.82) is 0 Å². The van der Waals surface area contributed by atoms with Crippen molar-refractivity contribution in [3.05, 3.63) is 0 Å². The summed E-state index contributed by atoms with van der Waals surface area (Å²) in [5, 5.41) is 7.91. The third-order valence-electron chi connectivity index (χ3n) is 1.96. The molecular formula is C10H22BaO2. The Bertz CT molecular complexity index is 108. The Hall–Kier alpha value is 1.04. The van der Waals surface area contributed by atoms with Crippen LogP contribution in [0.3, 0.4) is 0 Å². The predicted octanol–water partition coefficient (Wildman–Crippen LogP) is 3.06. The average molecular weight is 312 g/mol. The number of rotatable bonds is 2. The van der Waals surface area contributed by atoms with Crippen molar-refractivity contribution in [2.75, 3.05) is 0 Å². The molecule has 0 aliphatic heterocycles. The summed E-state index contributed by atoms with van der Waals surface area (Å²) in [6, 6.07) is 0. The second kappa shape index (κ2) is 13.0. The van der Waals surface area contributed by atoms with E-state index in [0.717, 1.165) is 6.42 Å². The minimum absolute atomic E-state index is 0. The van der Waals surface area contributed by atoms with Crippen molar-refractivity contribution in [2.24, 2.45) is 0 Å². The maximum atomic E-state index is 9.60. The molecule has 1 aliphatic carbocycles. The average Bonchev–Trinajstić information content (AvgIpc) is 2.08. The van der Waals surface area contributed by atoms with Crippen molar-refractivity contribution >= 4 is 54.9 Å². The van der Waals surface area contributed by atoms with Gasteiger partial charge in [-0.25, -0.2) is 0 Å². The first-order valence-electron chi connectivity index (χ1n) is 4.99. The maximum Gasteiger partial charge on any atom is 2.00 e. The molecule has 2 nitrogen and oxygen atoms in total. The van der Waals surface area contributed by atoms with Crippen molar-refractivity contribution in [3.63, 3.8) is 0 Å². The molecule has 0 amide bonds. The smallest absolute Gasteiger partial charge is 1.00 e. The first-order valence-corrected chi connectivity index (χ1v) is 4.99. The van der Waals surface area contributed by atoms with E-state index in [9.17, 15) is 4.79 Å². The molecule has 0 bridgehead atoms. The van der Waals surface area contributed by atoms with Crippen LogP contribution in [-0.4, -0.2) is 60.0 Å². The van der Waals surface area contributed by atoms with Crippen LogP contribution in [0.2, 0.25) is 0 Å². The fraction of sp³-hybridized carbons (Fsp3) is 0.900. The van der Waals surface area contributed by atoms with Crippen LogP contribution in [-0.2, 0) is 4.79 Å². The van der Waals surface area contributed by atoms with Gasteiger partial charge in [0.15, 0.2) is 0 Å². The fourth-order valence-electron chi connectivity index (χ4n) is 1.27. The van der Waals surface area contributed by atoms with Gasteiger partial charge in [-0.15, -0.1) is 0 Å². The molecule has 1 aliphatic rings. The zero-order chi connectivity index (χ0) is 9.23. The number of carboxylic acids is 1. The van der Waals surface area contributed by atoms with Gasteiger partial charge in [0.1, 0.15) is 0 Å². The molecule has 0 atom stereocenters. The van der Waals surface area contributed by atoms with Gasteiger partial charge in [0, 0.05) is 6.42 Å². The van der Waals surface area contributed by atoms with Gasteiger partial charge in [0.05, 0.1) is 0 Å². The third kappa shape index (κ3) is 15.8. The Labute approximate surface area is 125 Å². The summed E-state index contributed by atoms with van der Waals surface area (Å²) in [6.45, 7) is 1.84. The summed E-state index contributed by atoms with van der Waals surface area (Å²) in [4.78, 5) is 9.60. The minimum atomic E-state index is -0.711. The SMILES string of the molecule is C1CCCCC1.CCCC(=O)O.[Ba+2].[H-].[H-]. The molecule has 13 heavy (non-hydrogen) atoms. The topological polar surface area (TPSA) is 37.3 Å². The van der Waals surface area contributed by atoms with Crippen LogP contribution in [0, 0.1) is 0 Å². The second-order valence-electron chi connectivity index (χ2n) is 3.27. The predicted molar refractivity (Wildman–Crippen MR) is 58.2 cm³/mol. The Morgan fingerprint density at radius 2 is 1.46 bits per heavy atom. The van der Waals surface area contributed by atoms with E-state index in [1.807, 2.05) is 6.92 Å². The maximum absolute atomic E-state index is 9.60. The van der Waals surface area contributed by atoms with Gasteiger partial charge in [-0.2, -0.15) is 0 Å². The van der Waals surface area contributed by atoms with Gasteiger partial charge in [-0.3, -0.25) is 4.79 Å². The molecule has 1 fully saturated rings.